The minimum Gasteiger partial charge on any atom is -0.495 e. The van der Waals surface area contributed by atoms with Gasteiger partial charge < -0.3 is 57.3 Å². The van der Waals surface area contributed by atoms with Gasteiger partial charge in [0, 0.05) is 17.5 Å². The third-order valence-corrected chi connectivity index (χ3v) is 11.0. The SMILES string of the molecule is C.COc1ccc(C2=C/C(=N/OCC(=O)O)CCc3c2cc(OC)c(OC)c3OC)cc1NC(=O)OC(C)(C)C.COc1ccc(C2=CC(=O)CCc3c2cc(OC)c(OC)c3OC)cc1NC(=O)OC(C)(C)C. The highest BCUT2D eigenvalue weighted by Gasteiger charge is 2.29. The van der Waals surface area contributed by atoms with Crippen LogP contribution in [0.15, 0.2) is 65.8 Å². The number of ether oxygens (including phenoxy) is 10. The molecule has 0 spiro atoms. The molecule has 2 aliphatic carbocycles. The number of amides is 2. The second-order valence-electron chi connectivity index (χ2n) is 18.3. The van der Waals surface area contributed by atoms with E-state index in [2.05, 4.69) is 15.8 Å². The van der Waals surface area contributed by atoms with Gasteiger partial charge in [-0.3, -0.25) is 15.4 Å². The summed E-state index contributed by atoms with van der Waals surface area (Å²) in [5.74, 6) is 2.63. The van der Waals surface area contributed by atoms with Crippen LogP contribution in [-0.4, -0.2) is 109 Å². The number of anilines is 2. The van der Waals surface area contributed by atoms with Crippen molar-refractivity contribution in [2.75, 3.05) is 74.1 Å². The van der Waals surface area contributed by atoms with E-state index in [-0.39, 0.29) is 13.2 Å². The van der Waals surface area contributed by atoms with Gasteiger partial charge in [-0.25, -0.2) is 14.4 Å². The molecule has 0 fully saturated rings. The molecule has 0 aliphatic heterocycles. The molecule has 0 saturated heterocycles. The van der Waals surface area contributed by atoms with E-state index in [0.717, 1.165) is 22.3 Å². The van der Waals surface area contributed by atoms with E-state index < -0.39 is 36.0 Å². The van der Waals surface area contributed by atoms with Crippen molar-refractivity contribution in [3.05, 3.63) is 94.1 Å². The van der Waals surface area contributed by atoms with E-state index >= 15 is 0 Å². The second kappa shape index (κ2) is 25.5. The Hall–Kier alpha value is -8.09. The lowest BCUT2D eigenvalue weighted by molar-refractivity contribution is -0.142. The van der Waals surface area contributed by atoms with Crippen LogP contribution in [0.5, 0.6) is 46.0 Å². The Kier molecular flexibility index (Phi) is 20.2. The molecular formula is C55H69N3O16. The summed E-state index contributed by atoms with van der Waals surface area (Å²) in [6.07, 6.45) is 3.90. The zero-order chi connectivity index (χ0) is 53.8. The van der Waals surface area contributed by atoms with E-state index in [4.69, 9.17) is 57.3 Å². The number of carbonyl (C=O) groups excluding carboxylic acids is 3. The second-order valence-corrected chi connectivity index (χ2v) is 18.3. The predicted octanol–water partition coefficient (Wildman–Crippen LogP) is 10.6. The van der Waals surface area contributed by atoms with Crippen LogP contribution in [0.4, 0.5) is 21.0 Å². The molecule has 0 unspecified atom stereocenters. The van der Waals surface area contributed by atoms with Crippen LogP contribution in [0.25, 0.3) is 11.1 Å². The highest BCUT2D eigenvalue weighted by Crippen LogP contribution is 2.49. The van der Waals surface area contributed by atoms with Gasteiger partial charge in [-0.2, -0.15) is 0 Å². The number of oxime groups is 1. The average molecular weight is 1030 g/mol. The van der Waals surface area contributed by atoms with E-state index in [1.807, 2.05) is 24.3 Å². The van der Waals surface area contributed by atoms with Crippen LogP contribution in [0.3, 0.4) is 0 Å². The zero-order valence-corrected chi connectivity index (χ0v) is 43.8. The molecule has 4 aromatic rings. The molecule has 0 aromatic heterocycles. The Morgan fingerprint density at radius 1 is 0.541 bits per heavy atom. The van der Waals surface area contributed by atoms with E-state index in [9.17, 15) is 19.2 Å². The summed E-state index contributed by atoms with van der Waals surface area (Å²) >= 11 is 0. The maximum Gasteiger partial charge on any atom is 0.412 e. The maximum atomic E-state index is 12.7. The first-order valence-corrected chi connectivity index (χ1v) is 23.0. The number of carboxylic acid groups (broad SMARTS) is 1. The van der Waals surface area contributed by atoms with Crippen LogP contribution in [-0.2, 0) is 36.7 Å². The predicted molar refractivity (Wildman–Crippen MR) is 281 cm³/mol. The summed E-state index contributed by atoms with van der Waals surface area (Å²) in [5, 5.41) is 18.5. The third kappa shape index (κ3) is 14.5. The molecule has 4 aromatic carbocycles. The molecular weight excluding hydrogens is 959 g/mol. The van der Waals surface area contributed by atoms with Crippen molar-refractivity contribution in [3.63, 3.8) is 0 Å². The average Bonchev–Trinajstić information content (AvgIpc) is 3.62. The summed E-state index contributed by atoms with van der Waals surface area (Å²) in [6, 6.07) is 14.3. The monoisotopic (exact) mass is 1030 g/mol. The van der Waals surface area contributed by atoms with Gasteiger partial charge >= 0.3 is 18.2 Å². The molecule has 19 nitrogen and oxygen atoms in total. The largest absolute Gasteiger partial charge is 0.495 e. The van der Waals surface area contributed by atoms with E-state index in [1.165, 1.54) is 28.4 Å². The Labute approximate surface area is 432 Å². The normalized spacial score (nSPS) is 13.4. The van der Waals surface area contributed by atoms with Crippen molar-refractivity contribution in [2.45, 2.75) is 85.9 Å². The van der Waals surface area contributed by atoms with Gasteiger partial charge in [-0.15, -0.1) is 0 Å². The van der Waals surface area contributed by atoms with Crippen molar-refractivity contribution in [2.24, 2.45) is 5.16 Å². The number of methoxy groups -OCH3 is 8. The lowest BCUT2D eigenvalue weighted by atomic mass is 9.92. The van der Waals surface area contributed by atoms with Gasteiger partial charge in [0.25, 0.3) is 0 Å². The minimum absolute atomic E-state index is 0. The number of allylic oxidation sites excluding steroid dienone is 2. The van der Waals surface area contributed by atoms with Gasteiger partial charge in [0.1, 0.15) is 22.7 Å². The number of nitrogens with one attached hydrogen (secondary N) is 2. The first-order valence-electron chi connectivity index (χ1n) is 23.0. The number of benzene rings is 4. The molecule has 3 N–H and O–H groups in total. The standard InChI is InChI=1S/C28H34N2O9.C26H31NO7.CH4/c1-28(2,3)39-27(33)29-21-12-16(8-11-22(21)34-4)19-13-17(30-38-15-24(31)32)9-10-18-20(19)14-23(35-5)26(37-7)25(18)36-6;1-26(2,3)34-25(29)27-20-12-15(8-11-21(20)30-4)18-13-16(28)9-10-17-19(18)14-22(31-5)24(33-7)23(17)32-6;/h8,11-14H,9-10,15H2,1-7H3,(H,29,33)(H,31,32);8,11-14H,9-10H2,1-7H3,(H,27,29);1H4/b30-17+;;. The first-order chi connectivity index (χ1) is 34.6. The van der Waals surface area contributed by atoms with Gasteiger partial charge in [0.05, 0.1) is 74.0 Å². The molecule has 19 heteroatoms. The fourth-order valence-corrected chi connectivity index (χ4v) is 8.03. The lowest BCUT2D eigenvalue weighted by Gasteiger charge is -2.22. The first kappa shape index (κ1) is 58.5. The van der Waals surface area contributed by atoms with Gasteiger partial charge in [0.15, 0.2) is 28.8 Å². The number of aliphatic carboxylic acids is 1. The van der Waals surface area contributed by atoms with Crippen molar-refractivity contribution >= 4 is 52.2 Å². The lowest BCUT2D eigenvalue weighted by Crippen LogP contribution is -2.27. The zero-order valence-electron chi connectivity index (χ0n) is 43.8. The van der Waals surface area contributed by atoms with Crippen molar-refractivity contribution in [1.82, 2.24) is 0 Å². The fraction of sp³-hybridized carbons (Fsp3) is 0.400. The smallest absolute Gasteiger partial charge is 0.412 e. The molecule has 0 bridgehead atoms. The van der Waals surface area contributed by atoms with Crippen LogP contribution < -0.4 is 48.5 Å². The number of carboxylic acids is 1. The van der Waals surface area contributed by atoms with Gasteiger partial charge in [0.2, 0.25) is 18.1 Å². The summed E-state index contributed by atoms with van der Waals surface area (Å²) < 4.78 is 55.4. The summed E-state index contributed by atoms with van der Waals surface area (Å²) in [5.41, 5.74) is 6.00. The maximum absolute atomic E-state index is 12.7. The Balaban J connectivity index is 0.000000319. The number of fused-ring (bicyclic) bond motifs is 2. The van der Waals surface area contributed by atoms with Crippen LogP contribution >= 0.6 is 0 Å². The Morgan fingerprint density at radius 2 is 0.946 bits per heavy atom. The van der Waals surface area contributed by atoms with E-state index in [0.29, 0.717) is 111 Å². The summed E-state index contributed by atoms with van der Waals surface area (Å²) in [7, 11) is 12.3. The number of rotatable bonds is 15. The molecule has 0 radical (unpaired) electrons. The quantitative estimate of drug-likeness (QED) is 0.0941. The fourth-order valence-electron chi connectivity index (χ4n) is 8.03. The van der Waals surface area contributed by atoms with Crippen molar-refractivity contribution < 1.29 is 76.5 Å². The van der Waals surface area contributed by atoms with E-state index in [1.54, 1.807) is 106 Å². The van der Waals surface area contributed by atoms with Crippen LogP contribution in [0.2, 0.25) is 0 Å². The van der Waals surface area contributed by atoms with Crippen LogP contribution in [0.1, 0.15) is 95.2 Å². The topological polar surface area (TPSA) is 226 Å². The van der Waals surface area contributed by atoms with Crippen LogP contribution in [0, 0.1) is 0 Å². The molecule has 6 rings (SSSR count). The van der Waals surface area contributed by atoms with Gasteiger partial charge in [-0.1, -0.05) is 24.7 Å². The molecule has 74 heavy (non-hydrogen) atoms. The Bertz CT molecular complexity index is 2800. The summed E-state index contributed by atoms with van der Waals surface area (Å²) in [4.78, 5) is 53.7. The number of hydrogen-bond donors (Lipinski definition) is 3. The molecule has 2 amide bonds. The highest BCUT2D eigenvalue weighted by molar-refractivity contribution is 6.06. The molecule has 0 atom stereocenters. The van der Waals surface area contributed by atoms with Crippen molar-refractivity contribution in [3.8, 4) is 46.0 Å². The molecule has 2 aliphatic rings. The number of nitrogens with zero attached hydrogens (tertiary/aromatic N) is 1. The highest BCUT2D eigenvalue weighted by atomic mass is 16.6. The number of ketones is 1. The minimum atomic E-state index is -1.13. The Morgan fingerprint density at radius 3 is 1.32 bits per heavy atom. The number of carbonyl (C=O) groups is 4. The third-order valence-electron chi connectivity index (χ3n) is 11.0. The molecule has 0 heterocycles. The summed E-state index contributed by atoms with van der Waals surface area (Å²) in [6.45, 7) is 10.1. The molecule has 400 valence electrons. The van der Waals surface area contributed by atoms with Gasteiger partial charge in [-0.05, 0) is 143 Å². The van der Waals surface area contributed by atoms with Crippen molar-refractivity contribution in [1.29, 1.82) is 0 Å². The number of hydrogen-bond acceptors (Lipinski definition) is 16. The molecule has 0 saturated carbocycles.